The van der Waals surface area contributed by atoms with E-state index in [1.807, 2.05) is 20.8 Å². The van der Waals surface area contributed by atoms with Crippen molar-refractivity contribution < 1.29 is 14.7 Å². The number of hydrogen-bond acceptors (Lipinski definition) is 6. The summed E-state index contributed by atoms with van der Waals surface area (Å²) in [7, 11) is 0. The minimum atomic E-state index is -0.745. The predicted octanol–water partition coefficient (Wildman–Crippen LogP) is 1.29. The van der Waals surface area contributed by atoms with Crippen LogP contribution in [-0.4, -0.2) is 68.6 Å². The Morgan fingerprint density at radius 2 is 2.21 bits per heavy atom. The molecule has 0 aromatic carbocycles. The Hall–Kier alpha value is -2.94. The number of β-amino-alcohol motifs (C(OH)–C–C–N with tert-alkyl or cyclic N) is 1. The first-order chi connectivity index (χ1) is 13.7. The molecule has 0 unspecified atom stereocenters. The second-order valence-electron chi connectivity index (χ2n) is 8.49. The monoisotopic (exact) mass is 400 g/mol. The summed E-state index contributed by atoms with van der Waals surface area (Å²) in [6.45, 7) is 10.9. The molecule has 2 amide bonds. The number of H-pyrrole nitrogens is 1. The van der Waals surface area contributed by atoms with Crippen LogP contribution in [0.1, 0.15) is 37.6 Å². The van der Waals surface area contributed by atoms with E-state index < -0.39 is 6.10 Å². The molecule has 1 aliphatic rings. The number of nitrogens with one attached hydrogen (secondary N) is 3. The molecule has 29 heavy (non-hydrogen) atoms. The topological polar surface area (TPSA) is 123 Å². The largest absolute Gasteiger partial charge is 0.389 e. The number of carbonyl (C=O) groups is 2. The number of aromatic nitrogens is 3. The van der Waals surface area contributed by atoms with E-state index >= 15 is 0 Å². The molecular weight excluding hydrogens is 372 g/mol. The van der Waals surface area contributed by atoms with Crippen LogP contribution < -0.4 is 10.6 Å². The highest BCUT2D eigenvalue weighted by molar-refractivity contribution is 6.04. The Kier molecular flexibility index (Phi) is 5.88. The van der Waals surface area contributed by atoms with E-state index in [1.54, 1.807) is 17.3 Å². The van der Waals surface area contributed by atoms with Crippen molar-refractivity contribution in [2.75, 3.05) is 25.0 Å². The summed E-state index contributed by atoms with van der Waals surface area (Å²) >= 11 is 0. The molecule has 156 valence electrons. The van der Waals surface area contributed by atoms with E-state index in [0.717, 1.165) is 0 Å². The smallest absolute Gasteiger partial charge is 0.255 e. The number of fused-ring (bicyclic) bond motifs is 1. The number of aliphatic hydroxyl groups is 1. The van der Waals surface area contributed by atoms with Gasteiger partial charge in [-0.05, 0) is 17.9 Å². The van der Waals surface area contributed by atoms with Crippen LogP contribution in [0.5, 0.6) is 0 Å². The second kappa shape index (κ2) is 8.20. The lowest BCUT2D eigenvalue weighted by molar-refractivity contribution is -0.129. The number of hydrogen-bond donors (Lipinski definition) is 4. The Balaban J connectivity index is 1.72. The molecule has 1 fully saturated rings. The fourth-order valence-electron chi connectivity index (χ4n) is 3.19. The average Bonchev–Trinajstić information content (AvgIpc) is 3.09. The summed E-state index contributed by atoms with van der Waals surface area (Å²) in [5.41, 5.74) is 1.38. The fraction of sp³-hybridized carbons (Fsp3) is 0.500. The van der Waals surface area contributed by atoms with Gasteiger partial charge in [0.15, 0.2) is 5.65 Å². The number of aliphatic hydroxyl groups excluding tert-OH is 1. The molecule has 9 nitrogen and oxygen atoms in total. The van der Waals surface area contributed by atoms with Crippen molar-refractivity contribution in [1.29, 1.82) is 0 Å². The van der Waals surface area contributed by atoms with Crippen LogP contribution in [0.15, 0.2) is 25.0 Å². The maximum atomic E-state index is 12.5. The van der Waals surface area contributed by atoms with E-state index in [2.05, 4.69) is 32.2 Å². The molecule has 2 aromatic rings. The van der Waals surface area contributed by atoms with Gasteiger partial charge in [0.25, 0.3) is 5.91 Å². The van der Waals surface area contributed by atoms with Crippen molar-refractivity contribution in [1.82, 2.24) is 25.2 Å². The van der Waals surface area contributed by atoms with E-state index in [4.69, 9.17) is 0 Å². The number of anilines is 1. The summed E-state index contributed by atoms with van der Waals surface area (Å²) < 4.78 is 0. The van der Waals surface area contributed by atoms with Gasteiger partial charge in [-0.25, -0.2) is 9.97 Å². The normalized spacial score (nSPS) is 19.8. The molecule has 4 N–H and O–H groups in total. The van der Waals surface area contributed by atoms with Crippen molar-refractivity contribution in [3.05, 3.63) is 30.6 Å². The zero-order valence-corrected chi connectivity index (χ0v) is 17.0. The van der Waals surface area contributed by atoms with Gasteiger partial charge in [0.2, 0.25) is 5.91 Å². The van der Waals surface area contributed by atoms with Crippen LogP contribution in [0.25, 0.3) is 11.2 Å². The molecule has 0 saturated carbocycles. The minimum absolute atomic E-state index is 0.0296. The van der Waals surface area contributed by atoms with Gasteiger partial charge in [0.05, 0.1) is 23.9 Å². The van der Waals surface area contributed by atoms with Crippen LogP contribution in [0.2, 0.25) is 0 Å². The fourth-order valence-corrected chi connectivity index (χ4v) is 3.19. The first-order valence-corrected chi connectivity index (χ1v) is 9.66. The second-order valence-corrected chi connectivity index (χ2v) is 8.49. The number of amides is 2. The summed E-state index contributed by atoms with van der Waals surface area (Å²) in [5, 5.41) is 16.5. The highest BCUT2D eigenvalue weighted by atomic mass is 16.3. The third kappa shape index (κ3) is 4.92. The number of piperidine rings is 1. The van der Waals surface area contributed by atoms with Crippen LogP contribution in [0.4, 0.5) is 5.82 Å². The first-order valence-electron chi connectivity index (χ1n) is 9.66. The maximum absolute atomic E-state index is 12.5. The van der Waals surface area contributed by atoms with Crippen LogP contribution in [0, 0.1) is 5.41 Å². The molecule has 3 heterocycles. The molecule has 3 rings (SSSR count). The maximum Gasteiger partial charge on any atom is 0.255 e. The van der Waals surface area contributed by atoms with Gasteiger partial charge in [-0.15, -0.1) is 0 Å². The molecule has 1 aliphatic heterocycles. The summed E-state index contributed by atoms with van der Waals surface area (Å²) in [5.74, 6) is 0.0605. The standard InChI is InChI=1S/C20H28N6O3/c1-5-16(28)26-7-6-13(14(27)10-26)24-15-9-22-18-17(25-15)12(8-21-18)19(29)23-11-20(2,3)4/h5,8-9,13-14,27H,1,6-7,10-11H2,2-4H3,(H,21,22)(H,23,29)(H,24,25)/t13-,14+/m1/s1. The van der Waals surface area contributed by atoms with Gasteiger partial charge in [-0.2, -0.15) is 0 Å². The zero-order chi connectivity index (χ0) is 21.2. The van der Waals surface area contributed by atoms with Crippen molar-refractivity contribution >= 4 is 28.8 Å². The summed E-state index contributed by atoms with van der Waals surface area (Å²) in [6.07, 6.45) is 4.22. The van der Waals surface area contributed by atoms with Gasteiger partial charge < -0.3 is 25.6 Å². The summed E-state index contributed by atoms with van der Waals surface area (Å²) in [6, 6.07) is -0.271. The lowest BCUT2D eigenvalue weighted by Gasteiger charge is -2.35. The number of rotatable bonds is 5. The van der Waals surface area contributed by atoms with Gasteiger partial charge in [0.1, 0.15) is 11.3 Å². The van der Waals surface area contributed by atoms with Crippen molar-refractivity contribution in [2.45, 2.75) is 39.3 Å². The molecule has 2 atom stereocenters. The van der Waals surface area contributed by atoms with E-state index in [-0.39, 0.29) is 29.8 Å². The van der Waals surface area contributed by atoms with Crippen LogP contribution in [-0.2, 0) is 4.79 Å². The van der Waals surface area contributed by atoms with Crippen molar-refractivity contribution in [3.8, 4) is 0 Å². The molecule has 0 radical (unpaired) electrons. The molecule has 0 bridgehead atoms. The van der Waals surface area contributed by atoms with Crippen molar-refractivity contribution in [3.63, 3.8) is 0 Å². The zero-order valence-electron chi connectivity index (χ0n) is 17.0. The summed E-state index contributed by atoms with van der Waals surface area (Å²) in [4.78, 5) is 37.6. The highest BCUT2D eigenvalue weighted by Crippen LogP contribution is 2.20. The van der Waals surface area contributed by atoms with E-state index in [1.165, 1.54) is 6.08 Å². The SMILES string of the molecule is C=CC(=O)N1CC[C@@H](Nc2cnc3[nH]cc(C(=O)NCC(C)(C)C)c3n2)[C@@H](O)C1. The van der Waals surface area contributed by atoms with Crippen LogP contribution in [0.3, 0.4) is 0 Å². The van der Waals surface area contributed by atoms with Crippen molar-refractivity contribution in [2.24, 2.45) is 5.41 Å². The van der Waals surface area contributed by atoms with Crippen LogP contribution >= 0.6 is 0 Å². The van der Waals surface area contributed by atoms with Gasteiger partial charge in [0, 0.05) is 25.8 Å². The lowest BCUT2D eigenvalue weighted by Crippen LogP contribution is -2.51. The molecule has 9 heteroatoms. The van der Waals surface area contributed by atoms with Gasteiger partial charge >= 0.3 is 0 Å². The number of likely N-dealkylation sites (tertiary alicyclic amines) is 1. The third-order valence-corrected chi connectivity index (χ3v) is 4.81. The molecule has 2 aromatic heterocycles. The molecule has 1 saturated heterocycles. The van der Waals surface area contributed by atoms with Gasteiger partial charge in [-0.1, -0.05) is 27.4 Å². The number of carbonyl (C=O) groups excluding carboxylic acids is 2. The number of aromatic amines is 1. The van der Waals surface area contributed by atoms with E-state index in [0.29, 0.717) is 42.1 Å². The highest BCUT2D eigenvalue weighted by Gasteiger charge is 2.29. The molecule has 0 spiro atoms. The third-order valence-electron chi connectivity index (χ3n) is 4.81. The Morgan fingerprint density at radius 3 is 2.86 bits per heavy atom. The predicted molar refractivity (Wildman–Crippen MR) is 110 cm³/mol. The molecular formula is C20H28N6O3. The minimum Gasteiger partial charge on any atom is -0.389 e. The average molecular weight is 400 g/mol. The van der Waals surface area contributed by atoms with E-state index in [9.17, 15) is 14.7 Å². The van der Waals surface area contributed by atoms with Gasteiger partial charge in [-0.3, -0.25) is 9.59 Å². The quantitative estimate of drug-likeness (QED) is 0.561. The molecule has 0 aliphatic carbocycles. The first kappa shape index (κ1) is 20.8. The Morgan fingerprint density at radius 1 is 1.45 bits per heavy atom. The Bertz CT molecular complexity index is 917. The lowest BCUT2D eigenvalue weighted by atomic mass is 9.97. The number of nitrogens with zero attached hydrogens (tertiary/aromatic N) is 3. The Labute approximate surface area is 169 Å².